The number of likely N-dealkylation sites (N-methyl/N-ethyl adjacent to an activating group) is 2. The summed E-state index contributed by atoms with van der Waals surface area (Å²) < 4.78 is 55.6. The molecule has 125 heavy (non-hydrogen) atoms. The summed E-state index contributed by atoms with van der Waals surface area (Å²) in [5, 5.41) is 8.75. The zero-order chi connectivity index (χ0) is 89.1. The Bertz CT molecular complexity index is 5140. The summed E-state index contributed by atoms with van der Waals surface area (Å²) in [5.74, 6) is -0.406. The molecule has 9 aliphatic heterocycles. The van der Waals surface area contributed by atoms with E-state index in [9.17, 15) is 47.1 Å². The van der Waals surface area contributed by atoms with Gasteiger partial charge in [-0.1, -0.05) is 92.2 Å². The monoisotopic (exact) mass is 1740 g/mol. The lowest BCUT2D eigenvalue weighted by atomic mass is 9.86. The number of cyclic esters (lactones) is 1. The minimum absolute atomic E-state index is 0.0496. The fourth-order valence-electron chi connectivity index (χ4n) is 16.0. The Labute approximate surface area is 733 Å². The molecule has 3 aromatic heterocycles. The number of amides is 8. The second-order valence-corrected chi connectivity index (χ2v) is 32.3. The van der Waals surface area contributed by atoms with Gasteiger partial charge in [-0.3, -0.25) is 38.9 Å². The molecule has 6 saturated heterocycles. The number of carbonyl (C=O) groups excluding carboxylic acids is 8. The fourth-order valence-corrected chi connectivity index (χ4v) is 16.1. The quantitative estimate of drug-likeness (QED) is 0.0432. The van der Waals surface area contributed by atoms with E-state index in [4.69, 9.17) is 35.3 Å². The number of piperidine rings is 3. The number of piperazine rings is 1. The Balaban J connectivity index is 0.000000143. The van der Waals surface area contributed by atoms with Crippen molar-refractivity contribution < 1.29 is 70.8 Å². The van der Waals surface area contributed by atoms with Crippen LogP contribution in [0.2, 0.25) is 5.02 Å². The highest BCUT2D eigenvalue weighted by Crippen LogP contribution is 2.41. The van der Waals surface area contributed by atoms with Crippen LogP contribution < -0.4 is 35.4 Å². The summed E-state index contributed by atoms with van der Waals surface area (Å²) in [7, 11) is 7.76. The van der Waals surface area contributed by atoms with E-state index in [0.717, 1.165) is 94.0 Å². The van der Waals surface area contributed by atoms with Crippen LogP contribution in [0.1, 0.15) is 137 Å². The SMILES string of the molecule is CC(=O)NC[C@H]1CN(c2ccc(N3CCOCC3)c(F)c2)C(=O)O1.CCN(C)C(=O)Oc1cccc([C@H](C)N(C)C)c1.CCN(CC)CCNC(=O)c1c(C)[nH]c(/C=C2\C(=O)Nc3ccc(F)cc32)c1C.CN1CCN(C(=O)O[C@H]2c3nccnc3C(=O)N2c2ccc(Cl)cn2)CC1.O=C(O[C@H]1CN2CCC1CC2)N1CCc2ccccc2[C@@H]1c1ccccc1. The highest BCUT2D eigenvalue weighted by molar-refractivity contribution is 6.35. The number of aryl methyl sites for hydroxylation is 1. The van der Waals surface area contributed by atoms with Crippen LogP contribution >= 0.6 is 11.6 Å². The van der Waals surface area contributed by atoms with Crippen LogP contribution in [0.15, 0.2) is 146 Å². The molecule has 33 heteroatoms. The first-order chi connectivity index (χ1) is 60.2. The summed E-state index contributed by atoms with van der Waals surface area (Å²) in [6.07, 6.45) is 6.24. The number of anilines is 4. The van der Waals surface area contributed by atoms with Crippen molar-refractivity contribution >= 4 is 94.1 Å². The third-order valence-corrected chi connectivity index (χ3v) is 23.8. The molecule has 6 fully saturated rings. The van der Waals surface area contributed by atoms with Gasteiger partial charge in [0.05, 0.1) is 59.9 Å². The van der Waals surface area contributed by atoms with Crippen LogP contribution in [0.25, 0.3) is 11.6 Å². The van der Waals surface area contributed by atoms with E-state index < -0.39 is 36.2 Å². The van der Waals surface area contributed by atoms with Crippen molar-refractivity contribution in [2.75, 3.05) is 173 Å². The smallest absolute Gasteiger partial charge is 0.414 e. The molecule has 0 aliphatic carbocycles. The first-order valence-electron chi connectivity index (χ1n) is 42.5. The van der Waals surface area contributed by atoms with Gasteiger partial charge in [-0.05, 0) is 195 Å². The number of nitrogens with zero attached hydrogens (tertiary/aromatic N) is 13. The number of nitrogens with one attached hydrogen (secondary N) is 4. The Kier molecular flexibility index (Phi) is 31.8. The molecule has 0 saturated carbocycles. The molecule has 2 bridgehead atoms. The molecule has 9 aliphatic rings. The maximum Gasteiger partial charge on any atom is 0.414 e. The molecule has 664 valence electrons. The molecule has 12 heterocycles. The standard InChI is InChI=1S/C23H26N2O2.C22H27FN4O2.C17H17ClN6O3.C16H20FN3O4.C14H22N2O2/c26-23(27-21-16-24-13-10-18(21)11-14-24)25-15-12-17-6-4-5-9-20(17)22(25)19-7-2-1-3-8-19;1-5-27(6-2)10-9-24-22(29)20-13(3)19(25-14(20)4)12-17-16-11-15(23)7-8-18(16)26-21(17)28;1-22-6-8-23(9-7-22)17(26)27-16-14-13(19-4-5-20-14)15(25)24(16)12-3-2-11(18)10-21-12;1-11(21)18-9-13-10-20(16(22)24-13)12-2-3-15(14(17)8-12)19-4-6-23-7-5-19;1-6-16(5)14(17)18-13-9-7-8-12(10-13)11(2)15(3)4/h1-9,18,21-22H,10-16H2;7-8,11-12,25H,5-6,9-10H2,1-4H3,(H,24,29)(H,26,28);2-5,10,16H,6-9H2,1H3;2-3,8,13H,4-7,9-10H2,1H3,(H,18,21);7-11H,6H2,1-5H3/b;17-12-;;;/t21-,22-;;16-;13-;11-/m0.000/s1. The summed E-state index contributed by atoms with van der Waals surface area (Å²) >= 11 is 5.89. The largest absolute Gasteiger partial charge is 0.444 e. The summed E-state index contributed by atoms with van der Waals surface area (Å²) in [4.78, 5) is 133. The molecule has 4 N–H and O–H groups in total. The number of carbonyl (C=O) groups is 8. The first kappa shape index (κ1) is 92.2. The minimum atomic E-state index is -1.03. The van der Waals surface area contributed by atoms with E-state index in [-0.39, 0.29) is 72.7 Å². The second-order valence-electron chi connectivity index (χ2n) is 31.9. The number of benzene rings is 5. The molecule has 5 aromatic carbocycles. The zero-order valence-electron chi connectivity index (χ0n) is 72.7. The number of aromatic nitrogens is 4. The zero-order valence-corrected chi connectivity index (χ0v) is 73.5. The van der Waals surface area contributed by atoms with Crippen LogP contribution in [-0.2, 0) is 35.0 Å². The third kappa shape index (κ3) is 23.2. The average Bonchev–Trinajstić information content (AvgIpc) is 1.71. The Morgan fingerprint density at radius 3 is 2.17 bits per heavy atom. The van der Waals surface area contributed by atoms with E-state index in [1.807, 2.05) is 88.1 Å². The van der Waals surface area contributed by atoms with Gasteiger partial charge in [-0.15, -0.1) is 0 Å². The van der Waals surface area contributed by atoms with Gasteiger partial charge in [-0.25, -0.2) is 42.8 Å². The van der Waals surface area contributed by atoms with E-state index in [2.05, 4.69) is 113 Å². The van der Waals surface area contributed by atoms with E-state index >= 15 is 0 Å². The number of H-pyrrole nitrogens is 1. The maximum absolute atomic E-state index is 14.4. The Hall–Kier alpha value is -11.9. The van der Waals surface area contributed by atoms with Crippen molar-refractivity contribution in [3.63, 3.8) is 0 Å². The van der Waals surface area contributed by atoms with Gasteiger partial charge in [0.25, 0.3) is 17.7 Å². The number of aromatic amines is 1. The van der Waals surface area contributed by atoms with Crippen molar-refractivity contribution in [2.45, 2.75) is 98.2 Å². The maximum atomic E-state index is 14.4. The fraction of sp³-hybridized carbons (Fsp3) is 0.424. The molecule has 8 amide bonds. The Morgan fingerprint density at radius 2 is 1.49 bits per heavy atom. The number of rotatable bonds is 19. The van der Waals surface area contributed by atoms with Crippen molar-refractivity contribution in [3.8, 4) is 5.75 Å². The van der Waals surface area contributed by atoms with Gasteiger partial charge < -0.3 is 74.0 Å². The predicted octanol–water partition coefficient (Wildman–Crippen LogP) is 12.7. The number of fused-ring (bicyclic) bond motifs is 6. The highest BCUT2D eigenvalue weighted by atomic mass is 35.5. The first-order valence-corrected chi connectivity index (χ1v) is 42.9. The molecule has 30 nitrogen and oxygen atoms in total. The van der Waals surface area contributed by atoms with Crippen LogP contribution in [0.3, 0.4) is 0 Å². The summed E-state index contributed by atoms with van der Waals surface area (Å²) in [6.45, 7) is 26.6. The summed E-state index contributed by atoms with van der Waals surface area (Å²) in [5.41, 5.74) is 10.4. The lowest BCUT2D eigenvalue weighted by Gasteiger charge is -2.45. The van der Waals surface area contributed by atoms with E-state index in [1.54, 1.807) is 54.4 Å². The van der Waals surface area contributed by atoms with Crippen LogP contribution in [-0.4, -0.2) is 267 Å². The number of halogens is 3. The number of hydrogen-bond donors (Lipinski definition) is 4. The van der Waals surface area contributed by atoms with E-state index in [1.165, 1.54) is 69.5 Å². The number of hydrogen-bond acceptors (Lipinski definition) is 21. The Morgan fingerprint density at radius 1 is 0.760 bits per heavy atom. The lowest BCUT2D eigenvalue weighted by molar-refractivity contribution is -0.119. The van der Waals surface area contributed by atoms with E-state index in [0.29, 0.717) is 127 Å². The van der Waals surface area contributed by atoms with Crippen LogP contribution in [0.4, 0.5) is 50.8 Å². The molecule has 0 spiro atoms. The van der Waals surface area contributed by atoms with Crippen LogP contribution in [0.5, 0.6) is 5.75 Å². The molecule has 8 aromatic rings. The second kappa shape index (κ2) is 43.1. The molecule has 0 radical (unpaired) electrons. The molecular formula is C92H112ClF2N17O13. The minimum Gasteiger partial charge on any atom is -0.444 e. The van der Waals surface area contributed by atoms with Crippen molar-refractivity contribution in [1.82, 2.24) is 64.9 Å². The topological polar surface area (TPSA) is 306 Å². The number of pyridine rings is 1. The van der Waals surface area contributed by atoms with Crippen molar-refractivity contribution in [1.29, 1.82) is 0 Å². The molecule has 0 unspecified atom stereocenters. The van der Waals surface area contributed by atoms with Gasteiger partial charge in [0.2, 0.25) is 12.1 Å². The van der Waals surface area contributed by atoms with Gasteiger partial charge in [0.1, 0.15) is 41.1 Å². The van der Waals surface area contributed by atoms with Gasteiger partial charge >= 0.3 is 24.4 Å². The number of ether oxygens (including phenoxy) is 5. The van der Waals surface area contributed by atoms with Gasteiger partial charge in [0, 0.05) is 133 Å². The third-order valence-electron chi connectivity index (χ3n) is 23.5. The van der Waals surface area contributed by atoms with Crippen LogP contribution in [0, 0.1) is 31.4 Å². The lowest BCUT2D eigenvalue weighted by Crippen LogP contribution is -2.53. The van der Waals surface area contributed by atoms with Crippen molar-refractivity contribution in [3.05, 3.63) is 224 Å². The van der Waals surface area contributed by atoms with Crippen molar-refractivity contribution in [2.24, 2.45) is 5.92 Å². The predicted molar refractivity (Wildman–Crippen MR) is 473 cm³/mol. The van der Waals surface area contributed by atoms with Gasteiger partial charge in [-0.2, -0.15) is 0 Å². The number of morpholine rings is 1. The van der Waals surface area contributed by atoms with Gasteiger partial charge in [0.15, 0.2) is 5.69 Å². The summed E-state index contributed by atoms with van der Waals surface area (Å²) in [6, 6.07) is 38.8. The normalized spacial score (nSPS) is 19.8. The highest BCUT2D eigenvalue weighted by Gasteiger charge is 2.45. The average molecular weight is 1740 g/mol. The molecular weight excluding hydrogens is 1620 g/mol. The molecule has 17 rings (SSSR count). The molecule has 5 atom stereocenters.